The van der Waals surface area contributed by atoms with Gasteiger partial charge in [-0.05, 0) is 56.5 Å². The zero-order chi connectivity index (χ0) is 18.7. The number of nitrogens with zero attached hydrogens (tertiary/aromatic N) is 1. The maximum atomic E-state index is 13.1. The van der Waals surface area contributed by atoms with Crippen LogP contribution in [0.15, 0.2) is 53.4 Å². The minimum Gasteiger partial charge on any atom is -0.494 e. The molecule has 0 amide bonds. The van der Waals surface area contributed by atoms with E-state index in [1.807, 2.05) is 31.2 Å². The minimum absolute atomic E-state index is 0.0811. The van der Waals surface area contributed by atoms with Gasteiger partial charge in [0.25, 0.3) is 0 Å². The van der Waals surface area contributed by atoms with Crippen LogP contribution in [0, 0.1) is 0 Å². The summed E-state index contributed by atoms with van der Waals surface area (Å²) in [6.45, 7) is 4.48. The normalized spacial score (nSPS) is 18.0. The second-order valence-electron chi connectivity index (χ2n) is 6.36. The van der Waals surface area contributed by atoms with Crippen molar-refractivity contribution in [2.45, 2.75) is 37.6 Å². The van der Waals surface area contributed by atoms with E-state index < -0.39 is 10.0 Å². The lowest BCUT2D eigenvalue weighted by Crippen LogP contribution is -2.30. The molecule has 1 heterocycles. The van der Waals surface area contributed by atoms with Gasteiger partial charge in [-0.15, -0.1) is 0 Å². The highest BCUT2D eigenvalue weighted by Crippen LogP contribution is 2.37. The van der Waals surface area contributed by atoms with Crippen LogP contribution in [0.3, 0.4) is 0 Å². The van der Waals surface area contributed by atoms with Crippen LogP contribution in [0.25, 0.3) is 0 Å². The average molecular weight is 373 g/mol. The molecule has 0 N–H and O–H groups in total. The highest BCUT2D eigenvalue weighted by atomic mass is 32.2. The molecule has 1 aliphatic rings. The fourth-order valence-electron chi connectivity index (χ4n) is 3.31. The Kier molecular flexibility index (Phi) is 5.44. The Bertz CT molecular complexity index is 873. The van der Waals surface area contributed by atoms with Crippen LogP contribution in [0.5, 0.6) is 5.75 Å². The van der Waals surface area contributed by atoms with Crippen LogP contribution in [0.4, 0.5) is 0 Å². The fourth-order valence-corrected chi connectivity index (χ4v) is 4.99. The molecule has 0 aromatic heterocycles. The monoisotopic (exact) mass is 373 g/mol. The number of hydrogen-bond acceptors (Lipinski definition) is 4. The molecule has 1 fully saturated rings. The largest absolute Gasteiger partial charge is 0.494 e. The second-order valence-corrected chi connectivity index (χ2v) is 8.25. The van der Waals surface area contributed by atoms with Crippen molar-refractivity contribution in [3.8, 4) is 5.75 Å². The van der Waals surface area contributed by atoms with Crippen molar-refractivity contribution in [1.29, 1.82) is 0 Å². The van der Waals surface area contributed by atoms with E-state index in [1.54, 1.807) is 16.4 Å². The van der Waals surface area contributed by atoms with Crippen molar-refractivity contribution in [2.24, 2.45) is 0 Å². The molecule has 0 bridgehead atoms. The van der Waals surface area contributed by atoms with Crippen molar-refractivity contribution in [3.05, 3.63) is 59.7 Å². The Hall–Kier alpha value is -2.18. The Balaban J connectivity index is 1.87. The summed E-state index contributed by atoms with van der Waals surface area (Å²) in [4.78, 5) is 11.6. The third-order valence-corrected chi connectivity index (χ3v) is 6.57. The number of carbonyl (C=O) groups is 1. The minimum atomic E-state index is -3.61. The first kappa shape index (κ1) is 18.6. The first-order valence-corrected chi connectivity index (χ1v) is 10.2. The topological polar surface area (TPSA) is 63.7 Å². The van der Waals surface area contributed by atoms with E-state index in [0.29, 0.717) is 18.7 Å². The SMILES string of the molecule is CCOc1ccc(C2CCCN2S(=O)(=O)c2ccc(C(C)=O)cc2)cc1. The lowest BCUT2D eigenvalue weighted by molar-refractivity contribution is 0.101. The number of ether oxygens (including phenoxy) is 1. The van der Waals surface area contributed by atoms with E-state index in [0.717, 1.165) is 24.2 Å². The molecule has 26 heavy (non-hydrogen) atoms. The summed E-state index contributed by atoms with van der Waals surface area (Å²) in [5.41, 5.74) is 1.48. The van der Waals surface area contributed by atoms with Gasteiger partial charge < -0.3 is 4.74 Å². The molecule has 1 atom stereocenters. The molecule has 138 valence electrons. The van der Waals surface area contributed by atoms with E-state index in [4.69, 9.17) is 4.74 Å². The summed E-state index contributed by atoms with van der Waals surface area (Å²) in [6.07, 6.45) is 1.61. The van der Waals surface area contributed by atoms with Gasteiger partial charge in [0, 0.05) is 12.1 Å². The van der Waals surface area contributed by atoms with Gasteiger partial charge in [0.05, 0.1) is 17.5 Å². The summed E-state index contributed by atoms with van der Waals surface area (Å²) in [7, 11) is -3.61. The number of hydrogen-bond donors (Lipinski definition) is 0. The zero-order valence-corrected chi connectivity index (χ0v) is 15.8. The quantitative estimate of drug-likeness (QED) is 0.722. The van der Waals surface area contributed by atoms with Crippen LogP contribution in [-0.2, 0) is 10.0 Å². The summed E-state index contributed by atoms with van der Waals surface area (Å²) in [5.74, 6) is 0.700. The third kappa shape index (κ3) is 3.66. The van der Waals surface area contributed by atoms with Crippen molar-refractivity contribution in [1.82, 2.24) is 4.31 Å². The summed E-state index contributed by atoms with van der Waals surface area (Å²) in [6, 6.07) is 13.6. The predicted octanol–water partition coefficient (Wildman–Crippen LogP) is 3.81. The maximum Gasteiger partial charge on any atom is 0.243 e. The van der Waals surface area contributed by atoms with E-state index in [2.05, 4.69) is 0 Å². The van der Waals surface area contributed by atoms with Crippen molar-refractivity contribution >= 4 is 15.8 Å². The second kappa shape index (κ2) is 7.60. The molecule has 0 saturated carbocycles. The Morgan fingerprint density at radius 2 is 1.77 bits per heavy atom. The molecule has 1 saturated heterocycles. The molecular weight excluding hydrogens is 350 g/mol. The smallest absolute Gasteiger partial charge is 0.243 e. The summed E-state index contributed by atoms with van der Waals surface area (Å²) >= 11 is 0. The Morgan fingerprint density at radius 3 is 2.35 bits per heavy atom. The van der Waals surface area contributed by atoms with Crippen LogP contribution < -0.4 is 4.74 Å². The van der Waals surface area contributed by atoms with Gasteiger partial charge in [0.2, 0.25) is 10.0 Å². The van der Waals surface area contributed by atoms with Crippen LogP contribution in [0.2, 0.25) is 0 Å². The number of Topliss-reactive ketones (excluding diaryl/α,β-unsaturated/α-hetero) is 1. The molecule has 3 rings (SSSR count). The van der Waals surface area contributed by atoms with E-state index in [9.17, 15) is 13.2 Å². The van der Waals surface area contributed by atoms with Crippen molar-refractivity contribution in [2.75, 3.05) is 13.2 Å². The predicted molar refractivity (Wildman–Crippen MR) is 99.9 cm³/mol. The number of carbonyl (C=O) groups excluding carboxylic acids is 1. The first-order chi connectivity index (χ1) is 12.4. The van der Waals surface area contributed by atoms with Crippen LogP contribution in [0.1, 0.15) is 48.7 Å². The van der Waals surface area contributed by atoms with Crippen LogP contribution >= 0.6 is 0 Å². The Labute approximate surface area is 154 Å². The summed E-state index contributed by atoms with van der Waals surface area (Å²) in [5, 5.41) is 0. The molecule has 5 nitrogen and oxygen atoms in total. The van der Waals surface area contributed by atoms with E-state index in [-0.39, 0.29) is 16.7 Å². The molecule has 1 aliphatic heterocycles. The molecule has 0 radical (unpaired) electrons. The van der Waals surface area contributed by atoms with Gasteiger partial charge in [-0.1, -0.05) is 24.3 Å². The van der Waals surface area contributed by atoms with Crippen molar-refractivity contribution < 1.29 is 17.9 Å². The lowest BCUT2D eigenvalue weighted by atomic mass is 10.1. The van der Waals surface area contributed by atoms with Gasteiger partial charge in [-0.2, -0.15) is 4.31 Å². The number of rotatable bonds is 6. The van der Waals surface area contributed by atoms with Crippen LogP contribution in [-0.4, -0.2) is 31.7 Å². The van der Waals surface area contributed by atoms with Gasteiger partial charge in [-0.25, -0.2) is 8.42 Å². The zero-order valence-electron chi connectivity index (χ0n) is 15.0. The molecule has 6 heteroatoms. The van der Waals surface area contributed by atoms with E-state index >= 15 is 0 Å². The molecule has 2 aromatic carbocycles. The van der Waals surface area contributed by atoms with Gasteiger partial charge in [0.1, 0.15) is 5.75 Å². The Morgan fingerprint density at radius 1 is 1.12 bits per heavy atom. The number of benzene rings is 2. The number of ketones is 1. The van der Waals surface area contributed by atoms with Gasteiger partial charge in [-0.3, -0.25) is 4.79 Å². The molecule has 0 aliphatic carbocycles. The molecule has 1 unspecified atom stereocenters. The molecular formula is C20H23NO4S. The average Bonchev–Trinajstić information content (AvgIpc) is 3.13. The lowest BCUT2D eigenvalue weighted by Gasteiger charge is -2.24. The molecule has 2 aromatic rings. The highest BCUT2D eigenvalue weighted by molar-refractivity contribution is 7.89. The van der Waals surface area contributed by atoms with E-state index in [1.165, 1.54) is 19.1 Å². The fraction of sp³-hybridized carbons (Fsp3) is 0.350. The standard InChI is InChI=1S/C20H23NO4S/c1-3-25-18-10-6-17(7-11-18)20-5-4-14-21(20)26(23,24)19-12-8-16(9-13-19)15(2)22/h6-13,20H,3-5,14H2,1-2H3. The van der Waals surface area contributed by atoms with Crippen molar-refractivity contribution in [3.63, 3.8) is 0 Å². The van der Waals surface area contributed by atoms with Gasteiger partial charge in [0.15, 0.2) is 5.78 Å². The first-order valence-electron chi connectivity index (χ1n) is 8.79. The number of sulfonamides is 1. The summed E-state index contributed by atoms with van der Waals surface area (Å²) < 4.78 is 33.2. The third-order valence-electron chi connectivity index (χ3n) is 4.65. The maximum absolute atomic E-state index is 13.1. The van der Waals surface area contributed by atoms with Gasteiger partial charge >= 0.3 is 0 Å². The highest BCUT2D eigenvalue weighted by Gasteiger charge is 2.36. The molecule has 0 spiro atoms.